The van der Waals surface area contributed by atoms with Crippen LogP contribution in [-0.2, 0) is 4.79 Å². The predicted molar refractivity (Wildman–Crippen MR) is 98.5 cm³/mol. The number of amides is 1. The molecule has 0 saturated carbocycles. The Hall–Kier alpha value is -2.28. The maximum Gasteiger partial charge on any atom is 0.234 e. The number of likely N-dealkylation sites (N-methyl/N-ethyl adjacent to an activating group) is 1. The first-order valence-electron chi connectivity index (χ1n) is 9.03. The molecule has 0 radical (unpaired) electrons. The molecule has 0 bridgehead atoms. The van der Waals surface area contributed by atoms with Gasteiger partial charge in [0.1, 0.15) is 5.52 Å². The second-order valence-corrected chi connectivity index (χ2v) is 6.35. The summed E-state index contributed by atoms with van der Waals surface area (Å²) < 4.78 is 0. The third kappa shape index (κ3) is 4.22. The summed E-state index contributed by atoms with van der Waals surface area (Å²) in [6.07, 6.45) is 7.02. The van der Waals surface area contributed by atoms with Crippen molar-refractivity contribution in [3.8, 4) is 0 Å². The number of carbonyl (C=O) groups is 1. The summed E-state index contributed by atoms with van der Waals surface area (Å²) >= 11 is 0. The second kappa shape index (κ2) is 8.20. The maximum atomic E-state index is 12.2. The van der Waals surface area contributed by atoms with Gasteiger partial charge >= 0.3 is 0 Å². The van der Waals surface area contributed by atoms with Crippen molar-refractivity contribution in [1.82, 2.24) is 25.2 Å². The van der Waals surface area contributed by atoms with Crippen LogP contribution in [0.2, 0.25) is 0 Å². The molecular formula is C18H26N6O. The van der Waals surface area contributed by atoms with Crippen molar-refractivity contribution >= 4 is 22.8 Å². The topological polar surface area (TPSA) is 74.2 Å². The van der Waals surface area contributed by atoms with E-state index in [0.717, 1.165) is 50.2 Å². The lowest BCUT2D eigenvalue weighted by atomic mass is 10.0. The highest BCUT2D eigenvalue weighted by molar-refractivity contribution is 5.85. The molecule has 0 unspecified atom stereocenters. The quantitative estimate of drug-likeness (QED) is 0.856. The highest BCUT2D eigenvalue weighted by Crippen LogP contribution is 2.25. The lowest BCUT2D eigenvalue weighted by molar-refractivity contribution is -0.123. The van der Waals surface area contributed by atoms with Crippen LogP contribution in [0.25, 0.3) is 11.2 Å². The predicted octanol–water partition coefficient (Wildman–Crippen LogP) is 1.45. The molecule has 0 spiro atoms. The van der Waals surface area contributed by atoms with Crippen LogP contribution >= 0.6 is 0 Å². The van der Waals surface area contributed by atoms with Gasteiger partial charge < -0.3 is 10.2 Å². The van der Waals surface area contributed by atoms with E-state index in [1.54, 1.807) is 18.6 Å². The van der Waals surface area contributed by atoms with Crippen LogP contribution in [-0.4, -0.2) is 64.5 Å². The van der Waals surface area contributed by atoms with Crippen molar-refractivity contribution in [2.24, 2.45) is 0 Å². The van der Waals surface area contributed by atoms with Crippen molar-refractivity contribution in [2.45, 2.75) is 32.7 Å². The summed E-state index contributed by atoms with van der Waals surface area (Å²) in [5.74, 6) is 0.127. The van der Waals surface area contributed by atoms with Gasteiger partial charge in [-0.3, -0.25) is 9.69 Å². The number of carbonyl (C=O) groups excluding carboxylic acids is 1. The van der Waals surface area contributed by atoms with Crippen molar-refractivity contribution in [2.75, 3.05) is 37.6 Å². The van der Waals surface area contributed by atoms with Crippen molar-refractivity contribution in [3.05, 3.63) is 24.7 Å². The van der Waals surface area contributed by atoms with Gasteiger partial charge in [-0.15, -0.1) is 0 Å². The van der Waals surface area contributed by atoms with E-state index in [4.69, 9.17) is 0 Å². The van der Waals surface area contributed by atoms with E-state index in [9.17, 15) is 4.79 Å². The first kappa shape index (κ1) is 17.5. The zero-order chi connectivity index (χ0) is 17.6. The molecule has 0 aromatic carbocycles. The standard InChI is InChI=1S/C18H26N6O/c1-3-23(4-2)13-16(25)22-14-6-11-24(12-7-14)15-5-8-20-18-17(15)19-9-10-21-18/h5,8-10,14H,3-4,6-7,11-13H2,1-2H3,(H,22,25). The van der Waals surface area contributed by atoms with E-state index in [1.807, 2.05) is 6.07 Å². The number of hydrogen-bond donors (Lipinski definition) is 1. The first-order valence-corrected chi connectivity index (χ1v) is 9.03. The molecule has 1 aliphatic heterocycles. The smallest absolute Gasteiger partial charge is 0.234 e. The Bertz CT molecular complexity index is 704. The minimum absolute atomic E-state index is 0.127. The van der Waals surface area contributed by atoms with Crippen LogP contribution in [0.1, 0.15) is 26.7 Å². The fraction of sp³-hybridized carbons (Fsp3) is 0.556. The fourth-order valence-corrected chi connectivity index (χ4v) is 3.31. The van der Waals surface area contributed by atoms with Crippen LogP contribution < -0.4 is 10.2 Å². The number of nitrogens with zero attached hydrogens (tertiary/aromatic N) is 5. The molecule has 1 fully saturated rings. The molecule has 7 nitrogen and oxygen atoms in total. The van der Waals surface area contributed by atoms with Gasteiger partial charge in [-0.25, -0.2) is 15.0 Å². The van der Waals surface area contributed by atoms with Crippen LogP contribution in [0.15, 0.2) is 24.7 Å². The van der Waals surface area contributed by atoms with Crippen molar-refractivity contribution in [3.63, 3.8) is 0 Å². The van der Waals surface area contributed by atoms with E-state index >= 15 is 0 Å². The highest BCUT2D eigenvalue weighted by Gasteiger charge is 2.23. The van der Waals surface area contributed by atoms with E-state index in [-0.39, 0.29) is 11.9 Å². The number of nitrogens with one attached hydrogen (secondary N) is 1. The largest absolute Gasteiger partial charge is 0.369 e. The van der Waals surface area contributed by atoms with E-state index in [0.29, 0.717) is 12.2 Å². The third-order valence-electron chi connectivity index (χ3n) is 4.81. The van der Waals surface area contributed by atoms with Crippen LogP contribution in [0.4, 0.5) is 5.69 Å². The van der Waals surface area contributed by atoms with Gasteiger partial charge in [0.25, 0.3) is 0 Å². The number of rotatable bonds is 6. The number of hydrogen-bond acceptors (Lipinski definition) is 6. The van der Waals surface area contributed by atoms with Gasteiger partial charge in [-0.05, 0) is 32.0 Å². The average Bonchev–Trinajstić information content (AvgIpc) is 2.66. The van der Waals surface area contributed by atoms with Gasteiger partial charge in [-0.1, -0.05) is 13.8 Å². The molecule has 1 amide bonds. The number of pyridine rings is 1. The average molecular weight is 342 g/mol. The van der Waals surface area contributed by atoms with Gasteiger partial charge in [0.05, 0.1) is 12.2 Å². The molecule has 0 atom stereocenters. The molecule has 3 rings (SSSR count). The van der Waals surface area contributed by atoms with Gasteiger partial charge in [-0.2, -0.15) is 0 Å². The summed E-state index contributed by atoms with van der Waals surface area (Å²) in [5, 5.41) is 3.18. The first-order chi connectivity index (χ1) is 12.2. The second-order valence-electron chi connectivity index (χ2n) is 6.35. The summed E-state index contributed by atoms with van der Waals surface area (Å²) in [4.78, 5) is 29.6. The van der Waals surface area contributed by atoms with Gasteiger partial charge in [0.15, 0.2) is 5.65 Å². The lowest BCUT2D eigenvalue weighted by Gasteiger charge is -2.34. The monoisotopic (exact) mass is 342 g/mol. The SMILES string of the molecule is CCN(CC)CC(=O)NC1CCN(c2ccnc3nccnc23)CC1. The zero-order valence-corrected chi connectivity index (χ0v) is 15.0. The molecule has 2 aromatic rings. The fourth-order valence-electron chi connectivity index (χ4n) is 3.31. The Kier molecular flexibility index (Phi) is 5.75. The van der Waals surface area contributed by atoms with Crippen LogP contribution in [0.3, 0.4) is 0 Å². The van der Waals surface area contributed by atoms with Crippen molar-refractivity contribution in [1.29, 1.82) is 0 Å². The molecule has 1 aliphatic rings. The van der Waals surface area contributed by atoms with Gasteiger partial charge in [0, 0.05) is 37.7 Å². The molecule has 1 saturated heterocycles. The Morgan fingerprint density at radius 2 is 1.84 bits per heavy atom. The number of anilines is 1. The van der Waals surface area contributed by atoms with E-state index in [2.05, 4.69) is 43.9 Å². The van der Waals surface area contributed by atoms with E-state index in [1.165, 1.54) is 0 Å². The molecule has 25 heavy (non-hydrogen) atoms. The molecule has 134 valence electrons. The number of fused-ring (bicyclic) bond motifs is 1. The minimum Gasteiger partial charge on any atom is -0.369 e. The molecule has 1 N–H and O–H groups in total. The minimum atomic E-state index is 0.127. The summed E-state index contributed by atoms with van der Waals surface area (Å²) in [7, 11) is 0. The Morgan fingerprint density at radius 3 is 2.56 bits per heavy atom. The molecule has 0 aliphatic carbocycles. The van der Waals surface area contributed by atoms with E-state index < -0.39 is 0 Å². The van der Waals surface area contributed by atoms with Crippen LogP contribution in [0.5, 0.6) is 0 Å². The molecule has 7 heteroatoms. The van der Waals surface area contributed by atoms with Gasteiger partial charge in [0.2, 0.25) is 5.91 Å². The lowest BCUT2D eigenvalue weighted by Crippen LogP contribution is -2.47. The normalized spacial score (nSPS) is 15.7. The third-order valence-corrected chi connectivity index (χ3v) is 4.81. The Labute approximate surface area is 148 Å². The Morgan fingerprint density at radius 1 is 1.16 bits per heavy atom. The summed E-state index contributed by atoms with van der Waals surface area (Å²) in [5.41, 5.74) is 2.59. The number of piperidine rings is 1. The molecule has 3 heterocycles. The summed E-state index contributed by atoms with van der Waals surface area (Å²) in [6, 6.07) is 2.24. The maximum absolute atomic E-state index is 12.2. The van der Waals surface area contributed by atoms with Crippen LogP contribution in [0, 0.1) is 0 Å². The molecule has 2 aromatic heterocycles. The zero-order valence-electron chi connectivity index (χ0n) is 15.0. The number of aromatic nitrogens is 3. The Balaban J connectivity index is 1.57. The van der Waals surface area contributed by atoms with Crippen molar-refractivity contribution < 1.29 is 4.79 Å². The highest BCUT2D eigenvalue weighted by atomic mass is 16.2. The summed E-state index contributed by atoms with van der Waals surface area (Å²) in [6.45, 7) is 8.24. The molecular weight excluding hydrogens is 316 g/mol.